The number of nitrogens with one attached hydrogen (secondary N) is 1. The number of nitrogens with zero attached hydrogens (tertiary/aromatic N) is 2. The monoisotopic (exact) mass is 170 g/mol. The van der Waals surface area contributed by atoms with Crippen LogP contribution in [0.15, 0.2) is 4.99 Å². The van der Waals surface area contributed by atoms with E-state index in [2.05, 4.69) is 4.99 Å². The second-order valence-corrected chi connectivity index (χ2v) is 1.94. The van der Waals surface area contributed by atoms with Crippen molar-refractivity contribution in [2.45, 2.75) is 6.10 Å². The van der Waals surface area contributed by atoms with Gasteiger partial charge >= 0.3 is 0 Å². The number of hydrogen-bond donors (Lipinski definition) is 4. The predicted octanol–water partition coefficient (Wildman–Crippen LogP) is -1.76. The van der Waals surface area contributed by atoms with Crippen LogP contribution in [0.5, 0.6) is 0 Å². The molecular formula is C6H10N4O2. The Morgan fingerprint density at radius 2 is 2.33 bits per heavy atom. The van der Waals surface area contributed by atoms with Crippen molar-refractivity contribution in [1.29, 1.82) is 10.7 Å². The number of aliphatic imine (C=N–C) groups is 1. The Balaban J connectivity index is 4.45. The van der Waals surface area contributed by atoms with Gasteiger partial charge in [0.05, 0.1) is 5.71 Å². The molecule has 0 aromatic carbocycles. The van der Waals surface area contributed by atoms with E-state index in [1.54, 1.807) is 0 Å². The average Bonchev–Trinajstić information content (AvgIpc) is 2.12. The van der Waals surface area contributed by atoms with Crippen LogP contribution in [0.1, 0.15) is 0 Å². The molecule has 0 radical (unpaired) electrons. The lowest BCUT2D eigenvalue weighted by molar-refractivity contribution is 0.294. The van der Waals surface area contributed by atoms with Crippen LogP contribution in [0.25, 0.3) is 0 Å². The van der Waals surface area contributed by atoms with Crippen LogP contribution in [0.2, 0.25) is 0 Å². The van der Waals surface area contributed by atoms with Gasteiger partial charge in [-0.2, -0.15) is 5.26 Å². The van der Waals surface area contributed by atoms with Gasteiger partial charge in [-0.15, -0.1) is 0 Å². The molecule has 0 saturated carbocycles. The molecule has 0 rings (SSSR count). The number of amidine groups is 1. The van der Waals surface area contributed by atoms with Crippen molar-refractivity contribution in [3.8, 4) is 6.07 Å². The number of nitriles is 1. The van der Waals surface area contributed by atoms with E-state index in [4.69, 9.17) is 26.6 Å². The lowest BCUT2D eigenvalue weighted by Crippen LogP contribution is -2.28. The normalized spacial score (nSPS) is 13.7. The summed E-state index contributed by atoms with van der Waals surface area (Å²) in [6.07, 6.45) is -1.40. The summed E-state index contributed by atoms with van der Waals surface area (Å²) in [6.45, 7) is -0.654. The first kappa shape index (κ1) is 10.7. The maximum Gasteiger partial charge on any atom is 0.180 e. The zero-order chi connectivity index (χ0) is 9.56. The van der Waals surface area contributed by atoms with Gasteiger partial charge in [-0.1, -0.05) is 0 Å². The van der Waals surface area contributed by atoms with Crippen molar-refractivity contribution in [3.63, 3.8) is 0 Å². The Morgan fingerprint density at radius 1 is 1.75 bits per heavy atom. The molecule has 0 heterocycles. The van der Waals surface area contributed by atoms with Gasteiger partial charge in [-0.3, -0.25) is 5.41 Å². The minimum Gasteiger partial charge on any atom is -0.388 e. The van der Waals surface area contributed by atoms with Crippen molar-refractivity contribution in [2.75, 3.05) is 13.2 Å². The summed E-state index contributed by atoms with van der Waals surface area (Å²) in [6, 6.07) is 1.51. The van der Waals surface area contributed by atoms with Crippen LogP contribution in [0.4, 0.5) is 0 Å². The largest absolute Gasteiger partial charge is 0.388 e. The molecular weight excluding hydrogens is 160 g/mol. The standard InChI is InChI=1S/C6H10N4O2/c7-1-4(5(12)2-8)10-6(9)3-11/h5,9,11-12H,1,3,7H2. The third-order valence-electron chi connectivity index (χ3n) is 1.08. The first-order chi connectivity index (χ1) is 5.65. The van der Waals surface area contributed by atoms with Gasteiger partial charge in [0, 0.05) is 6.54 Å². The fourth-order valence-corrected chi connectivity index (χ4v) is 0.502. The number of rotatable bonds is 3. The molecule has 66 valence electrons. The maximum absolute atomic E-state index is 8.91. The highest BCUT2D eigenvalue weighted by atomic mass is 16.3. The van der Waals surface area contributed by atoms with E-state index in [0.29, 0.717) is 0 Å². The molecule has 6 heteroatoms. The van der Waals surface area contributed by atoms with Gasteiger partial charge in [-0.25, -0.2) is 4.99 Å². The van der Waals surface area contributed by atoms with E-state index in [1.807, 2.05) is 0 Å². The van der Waals surface area contributed by atoms with Crippen molar-refractivity contribution in [2.24, 2.45) is 10.7 Å². The number of hydrogen-bond acceptors (Lipinski definition) is 5. The van der Waals surface area contributed by atoms with Gasteiger partial charge in [0.15, 0.2) is 6.10 Å². The van der Waals surface area contributed by atoms with Crippen LogP contribution in [0, 0.1) is 16.7 Å². The molecule has 0 aliphatic carbocycles. The Labute approximate surface area is 69.5 Å². The lowest BCUT2D eigenvalue weighted by Gasteiger charge is -2.03. The van der Waals surface area contributed by atoms with E-state index in [-0.39, 0.29) is 18.1 Å². The quantitative estimate of drug-likeness (QED) is 0.227. The van der Waals surface area contributed by atoms with Crippen LogP contribution in [-0.2, 0) is 0 Å². The molecule has 0 aromatic rings. The molecule has 0 aliphatic rings. The molecule has 1 atom stereocenters. The minimum absolute atomic E-state index is 0.0171. The second kappa shape index (κ2) is 5.37. The smallest absolute Gasteiger partial charge is 0.180 e. The average molecular weight is 170 g/mol. The van der Waals surface area contributed by atoms with Crippen molar-refractivity contribution < 1.29 is 10.2 Å². The van der Waals surface area contributed by atoms with Gasteiger partial charge in [0.25, 0.3) is 0 Å². The third kappa shape index (κ3) is 3.21. The molecule has 0 spiro atoms. The molecule has 0 fully saturated rings. The van der Waals surface area contributed by atoms with E-state index in [0.717, 1.165) is 0 Å². The van der Waals surface area contributed by atoms with E-state index in [9.17, 15) is 0 Å². The van der Waals surface area contributed by atoms with Crippen LogP contribution < -0.4 is 5.73 Å². The van der Waals surface area contributed by atoms with E-state index >= 15 is 0 Å². The highest BCUT2D eigenvalue weighted by Gasteiger charge is 2.09. The summed E-state index contributed by atoms with van der Waals surface area (Å²) in [5.74, 6) is -0.329. The molecule has 0 aromatic heterocycles. The highest BCUT2D eigenvalue weighted by molar-refractivity contribution is 6.01. The summed E-state index contributed by atoms with van der Waals surface area (Å²) in [7, 11) is 0. The lowest BCUT2D eigenvalue weighted by atomic mass is 10.2. The predicted molar refractivity (Wildman–Crippen MR) is 42.9 cm³/mol. The van der Waals surface area contributed by atoms with Crippen molar-refractivity contribution in [1.82, 2.24) is 0 Å². The topological polar surface area (TPSA) is 126 Å². The molecule has 12 heavy (non-hydrogen) atoms. The van der Waals surface area contributed by atoms with Crippen molar-refractivity contribution in [3.05, 3.63) is 0 Å². The Bertz CT molecular complexity index is 230. The summed E-state index contributed by atoms with van der Waals surface area (Å²) >= 11 is 0. The van der Waals surface area contributed by atoms with Gasteiger partial charge in [0.1, 0.15) is 18.5 Å². The van der Waals surface area contributed by atoms with E-state index in [1.165, 1.54) is 6.07 Å². The number of aliphatic hydroxyl groups excluding tert-OH is 2. The molecule has 0 saturated heterocycles. The first-order valence-corrected chi connectivity index (χ1v) is 3.19. The zero-order valence-corrected chi connectivity index (χ0v) is 6.36. The Kier molecular flexibility index (Phi) is 4.79. The number of nitrogens with two attached hydrogens (primary N) is 1. The SMILES string of the molecule is N#CC(O)C(CN)=NC(=N)CO. The molecule has 0 bridgehead atoms. The van der Waals surface area contributed by atoms with Gasteiger partial charge < -0.3 is 15.9 Å². The van der Waals surface area contributed by atoms with Crippen LogP contribution >= 0.6 is 0 Å². The minimum atomic E-state index is -1.40. The zero-order valence-electron chi connectivity index (χ0n) is 6.36. The maximum atomic E-state index is 8.91. The summed E-state index contributed by atoms with van der Waals surface area (Å²) in [4.78, 5) is 3.44. The fourth-order valence-electron chi connectivity index (χ4n) is 0.502. The Hall–Kier alpha value is -1.29. The summed E-state index contributed by atoms with van der Waals surface area (Å²) < 4.78 is 0. The molecule has 6 nitrogen and oxygen atoms in total. The fraction of sp³-hybridized carbons (Fsp3) is 0.500. The van der Waals surface area contributed by atoms with E-state index < -0.39 is 12.7 Å². The van der Waals surface area contributed by atoms with Gasteiger partial charge in [-0.05, 0) is 0 Å². The molecule has 5 N–H and O–H groups in total. The number of aliphatic hydroxyl groups is 2. The van der Waals surface area contributed by atoms with Crippen LogP contribution in [0.3, 0.4) is 0 Å². The molecule has 1 unspecified atom stereocenters. The van der Waals surface area contributed by atoms with Gasteiger partial charge in [0.2, 0.25) is 0 Å². The summed E-state index contributed by atoms with van der Waals surface area (Å²) in [5, 5.41) is 32.5. The molecule has 0 amide bonds. The van der Waals surface area contributed by atoms with Crippen molar-refractivity contribution >= 4 is 11.5 Å². The summed E-state index contributed by atoms with van der Waals surface area (Å²) in [5.41, 5.74) is 5.11. The van der Waals surface area contributed by atoms with Crippen LogP contribution in [-0.4, -0.2) is 41.0 Å². The Morgan fingerprint density at radius 3 is 2.67 bits per heavy atom. The first-order valence-electron chi connectivity index (χ1n) is 3.19. The second-order valence-electron chi connectivity index (χ2n) is 1.94. The molecule has 0 aliphatic heterocycles. The third-order valence-corrected chi connectivity index (χ3v) is 1.08. The highest BCUT2D eigenvalue weighted by Crippen LogP contribution is 1.87.